The van der Waals surface area contributed by atoms with Crippen molar-refractivity contribution in [3.05, 3.63) is 29.6 Å². The number of rotatable bonds is 4. The fourth-order valence-electron chi connectivity index (χ4n) is 2.02. The molecule has 98 valence electrons. The number of nitrogens with one attached hydrogen (secondary N) is 1. The van der Waals surface area contributed by atoms with Gasteiger partial charge in [-0.2, -0.15) is 0 Å². The average molecular weight is 250 g/mol. The summed E-state index contributed by atoms with van der Waals surface area (Å²) in [5, 5.41) is 3.36. The van der Waals surface area contributed by atoms with E-state index in [1.807, 2.05) is 0 Å². The van der Waals surface area contributed by atoms with Crippen molar-refractivity contribution in [2.24, 2.45) is 0 Å². The lowest BCUT2D eigenvalue weighted by Crippen LogP contribution is -2.36. The van der Waals surface area contributed by atoms with Crippen molar-refractivity contribution in [2.45, 2.75) is 25.4 Å². The average Bonchev–Trinajstić information content (AvgIpc) is 2.45. The Morgan fingerprint density at radius 1 is 1.67 bits per heavy atom. The largest absolute Gasteiger partial charge is 0.465 e. The molecule has 1 aromatic heterocycles. The molecule has 1 fully saturated rings. The van der Waals surface area contributed by atoms with E-state index in [-0.39, 0.29) is 5.97 Å². The molecule has 0 aromatic carbocycles. The first-order chi connectivity index (χ1) is 8.81. The van der Waals surface area contributed by atoms with Gasteiger partial charge >= 0.3 is 5.97 Å². The number of pyridine rings is 1. The molecule has 0 spiro atoms. The number of carbonyl (C=O) groups is 1. The van der Waals surface area contributed by atoms with Gasteiger partial charge < -0.3 is 14.8 Å². The molecule has 1 N–H and O–H groups in total. The van der Waals surface area contributed by atoms with Crippen molar-refractivity contribution in [2.75, 3.05) is 20.3 Å². The number of hydrogen-bond donors (Lipinski definition) is 1. The lowest BCUT2D eigenvalue weighted by Gasteiger charge is -2.23. The highest BCUT2D eigenvalue weighted by molar-refractivity contribution is 5.90. The quantitative estimate of drug-likeness (QED) is 0.812. The minimum Gasteiger partial charge on any atom is -0.465 e. The van der Waals surface area contributed by atoms with Gasteiger partial charge in [-0.1, -0.05) is 0 Å². The van der Waals surface area contributed by atoms with Crippen LogP contribution in [0.25, 0.3) is 0 Å². The van der Waals surface area contributed by atoms with E-state index in [0.717, 1.165) is 31.7 Å². The van der Waals surface area contributed by atoms with Crippen LogP contribution in [0.3, 0.4) is 0 Å². The van der Waals surface area contributed by atoms with Gasteiger partial charge in [-0.05, 0) is 25.0 Å². The molecule has 2 heterocycles. The Hall–Kier alpha value is -1.46. The molecule has 0 radical (unpaired) electrons. The summed E-state index contributed by atoms with van der Waals surface area (Å²) in [5.41, 5.74) is 1.24. The van der Waals surface area contributed by atoms with Crippen LogP contribution in [0.2, 0.25) is 0 Å². The molecule has 0 aliphatic carbocycles. The molecule has 2 rings (SSSR count). The normalized spacial score (nSPS) is 19.5. The maximum atomic E-state index is 11.6. The monoisotopic (exact) mass is 250 g/mol. The van der Waals surface area contributed by atoms with E-state index >= 15 is 0 Å². The van der Waals surface area contributed by atoms with Crippen LogP contribution in [0.15, 0.2) is 18.3 Å². The van der Waals surface area contributed by atoms with Gasteiger partial charge in [0.05, 0.1) is 25.0 Å². The molecule has 1 atom stereocenters. The maximum Gasteiger partial charge on any atom is 0.339 e. The van der Waals surface area contributed by atoms with Gasteiger partial charge in [0.1, 0.15) is 0 Å². The molecule has 1 aliphatic heterocycles. The molecule has 5 heteroatoms. The Balaban J connectivity index is 1.97. The van der Waals surface area contributed by atoms with Gasteiger partial charge in [0.2, 0.25) is 0 Å². The van der Waals surface area contributed by atoms with Crippen molar-refractivity contribution >= 4 is 5.97 Å². The first-order valence-electron chi connectivity index (χ1n) is 6.14. The number of esters is 1. The lowest BCUT2D eigenvalue weighted by molar-refractivity contribution is 0.0597. The Labute approximate surface area is 107 Å². The maximum absolute atomic E-state index is 11.6. The van der Waals surface area contributed by atoms with Gasteiger partial charge in [-0.3, -0.25) is 4.98 Å². The van der Waals surface area contributed by atoms with E-state index in [1.165, 1.54) is 7.11 Å². The highest BCUT2D eigenvalue weighted by Crippen LogP contribution is 2.10. The van der Waals surface area contributed by atoms with Crippen LogP contribution in [0, 0.1) is 0 Å². The van der Waals surface area contributed by atoms with Gasteiger partial charge in [0.25, 0.3) is 0 Å². The molecule has 5 nitrogen and oxygen atoms in total. The van der Waals surface area contributed by atoms with Crippen LogP contribution in [-0.4, -0.2) is 37.3 Å². The number of carbonyl (C=O) groups excluding carboxylic acids is 1. The minimum absolute atomic E-state index is 0.339. The third kappa shape index (κ3) is 3.27. The second kappa shape index (κ2) is 6.47. The van der Waals surface area contributed by atoms with E-state index < -0.39 is 0 Å². The van der Waals surface area contributed by atoms with Crippen LogP contribution < -0.4 is 5.32 Å². The van der Waals surface area contributed by atoms with Crippen molar-refractivity contribution in [3.63, 3.8) is 0 Å². The predicted molar refractivity (Wildman–Crippen MR) is 66.3 cm³/mol. The van der Waals surface area contributed by atoms with E-state index in [1.54, 1.807) is 18.3 Å². The number of hydrogen-bond acceptors (Lipinski definition) is 5. The zero-order chi connectivity index (χ0) is 12.8. The molecule has 0 amide bonds. The number of aromatic nitrogens is 1. The molecular weight excluding hydrogens is 232 g/mol. The van der Waals surface area contributed by atoms with E-state index in [0.29, 0.717) is 18.2 Å². The molecule has 1 aromatic rings. The standard InChI is InChI=1S/C13H18N2O3/c1-17-13(16)11-5-2-6-14-12(11)8-15-10-4-3-7-18-9-10/h2,5-6,10,15H,3-4,7-9H2,1H3. The second-order valence-electron chi connectivity index (χ2n) is 4.28. The smallest absolute Gasteiger partial charge is 0.339 e. The van der Waals surface area contributed by atoms with Crippen LogP contribution in [0.5, 0.6) is 0 Å². The minimum atomic E-state index is -0.347. The third-order valence-electron chi connectivity index (χ3n) is 3.01. The predicted octanol–water partition coefficient (Wildman–Crippen LogP) is 1.14. The fraction of sp³-hybridized carbons (Fsp3) is 0.538. The summed E-state index contributed by atoms with van der Waals surface area (Å²) >= 11 is 0. The van der Waals surface area contributed by atoms with Crippen LogP contribution >= 0.6 is 0 Å². The molecular formula is C13H18N2O3. The first-order valence-corrected chi connectivity index (χ1v) is 6.14. The lowest BCUT2D eigenvalue weighted by atomic mass is 10.1. The van der Waals surface area contributed by atoms with Crippen LogP contribution in [0.4, 0.5) is 0 Å². The molecule has 0 saturated carbocycles. The summed E-state index contributed by atoms with van der Waals surface area (Å²) in [6.45, 7) is 2.12. The summed E-state index contributed by atoms with van der Waals surface area (Å²) in [7, 11) is 1.38. The van der Waals surface area contributed by atoms with Gasteiger partial charge in [0.15, 0.2) is 0 Å². The summed E-state index contributed by atoms with van der Waals surface area (Å²) < 4.78 is 10.1. The van der Waals surface area contributed by atoms with Gasteiger partial charge in [0, 0.05) is 25.4 Å². The molecule has 18 heavy (non-hydrogen) atoms. The van der Waals surface area contributed by atoms with Gasteiger partial charge in [-0.15, -0.1) is 0 Å². The Kier molecular flexibility index (Phi) is 4.66. The highest BCUT2D eigenvalue weighted by Gasteiger charge is 2.16. The van der Waals surface area contributed by atoms with Crippen molar-refractivity contribution < 1.29 is 14.3 Å². The Bertz CT molecular complexity index is 403. The SMILES string of the molecule is COC(=O)c1cccnc1CNC1CCCOC1. The summed E-state index contributed by atoms with van der Waals surface area (Å²) in [4.78, 5) is 15.8. The summed E-state index contributed by atoms with van der Waals surface area (Å²) in [6, 6.07) is 3.80. The van der Waals surface area contributed by atoms with Crippen molar-refractivity contribution in [3.8, 4) is 0 Å². The number of ether oxygens (including phenoxy) is 2. The van der Waals surface area contributed by atoms with Crippen molar-refractivity contribution in [1.29, 1.82) is 0 Å². The van der Waals surface area contributed by atoms with E-state index in [4.69, 9.17) is 9.47 Å². The molecule has 0 bridgehead atoms. The van der Waals surface area contributed by atoms with Gasteiger partial charge in [-0.25, -0.2) is 4.79 Å². The van der Waals surface area contributed by atoms with Crippen molar-refractivity contribution in [1.82, 2.24) is 10.3 Å². The van der Waals surface area contributed by atoms with E-state index in [2.05, 4.69) is 10.3 Å². The highest BCUT2D eigenvalue weighted by atomic mass is 16.5. The summed E-state index contributed by atoms with van der Waals surface area (Å²) in [6.07, 6.45) is 3.85. The van der Waals surface area contributed by atoms with Crippen LogP contribution in [0.1, 0.15) is 28.9 Å². The molecule has 1 saturated heterocycles. The Morgan fingerprint density at radius 3 is 3.28 bits per heavy atom. The fourth-order valence-corrected chi connectivity index (χ4v) is 2.02. The molecule has 1 unspecified atom stereocenters. The van der Waals surface area contributed by atoms with Crippen LogP contribution in [-0.2, 0) is 16.0 Å². The second-order valence-corrected chi connectivity index (χ2v) is 4.28. The first kappa shape index (κ1) is 13.0. The molecule has 1 aliphatic rings. The zero-order valence-corrected chi connectivity index (χ0v) is 10.5. The Morgan fingerprint density at radius 2 is 2.56 bits per heavy atom. The topological polar surface area (TPSA) is 60.5 Å². The third-order valence-corrected chi connectivity index (χ3v) is 3.01. The number of nitrogens with zero attached hydrogens (tertiary/aromatic N) is 1. The number of methoxy groups -OCH3 is 1. The summed E-state index contributed by atoms with van der Waals surface area (Å²) in [5.74, 6) is -0.347. The van der Waals surface area contributed by atoms with E-state index in [9.17, 15) is 4.79 Å². The zero-order valence-electron chi connectivity index (χ0n) is 10.5.